The van der Waals surface area contributed by atoms with Crippen LogP contribution in [0.3, 0.4) is 0 Å². The molecule has 13 heavy (non-hydrogen) atoms. The van der Waals surface area contributed by atoms with Crippen LogP contribution in [0.4, 0.5) is 0 Å². The summed E-state index contributed by atoms with van der Waals surface area (Å²) < 4.78 is 0. The first-order chi connectivity index (χ1) is 6.27. The number of terminal acetylenes is 1. The van der Waals surface area contributed by atoms with Crippen molar-refractivity contribution < 1.29 is 0 Å². The normalized spacial score (nSPS) is 29.9. The molecule has 0 aromatic rings. The minimum absolute atomic E-state index is 0.633. The van der Waals surface area contributed by atoms with E-state index in [9.17, 15) is 0 Å². The molecular weight excluding hydrogens is 160 g/mol. The van der Waals surface area contributed by atoms with Gasteiger partial charge in [0.1, 0.15) is 0 Å². The van der Waals surface area contributed by atoms with Gasteiger partial charge in [-0.1, -0.05) is 12.8 Å². The van der Waals surface area contributed by atoms with E-state index in [2.05, 4.69) is 30.0 Å². The van der Waals surface area contributed by atoms with E-state index in [1.165, 1.54) is 25.9 Å². The Hall–Kier alpha value is -0.520. The molecule has 2 heteroatoms. The van der Waals surface area contributed by atoms with Crippen LogP contribution in [-0.4, -0.2) is 36.6 Å². The molecule has 0 saturated carbocycles. The van der Waals surface area contributed by atoms with Crippen molar-refractivity contribution in [2.24, 2.45) is 0 Å². The quantitative estimate of drug-likeness (QED) is 0.654. The Bertz CT molecular complexity index is 183. The largest absolute Gasteiger partial charge is 0.303 e. The number of nitrogens with zero attached hydrogens (tertiary/aromatic N) is 1. The van der Waals surface area contributed by atoms with Gasteiger partial charge in [-0.05, 0) is 32.9 Å². The Balaban J connectivity index is 2.29. The minimum atomic E-state index is 0.633. The molecule has 1 aliphatic heterocycles. The average molecular weight is 180 g/mol. The zero-order chi connectivity index (χ0) is 9.68. The van der Waals surface area contributed by atoms with Crippen LogP contribution in [0.1, 0.15) is 26.7 Å². The van der Waals surface area contributed by atoms with E-state index in [0.717, 1.165) is 0 Å². The Morgan fingerprint density at radius 1 is 1.62 bits per heavy atom. The lowest BCUT2D eigenvalue weighted by Gasteiger charge is -2.37. The monoisotopic (exact) mass is 180 g/mol. The number of nitrogens with one attached hydrogen (secondary N) is 1. The van der Waals surface area contributed by atoms with Gasteiger partial charge in [0.05, 0.1) is 6.54 Å². The Morgan fingerprint density at radius 3 is 2.92 bits per heavy atom. The highest BCUT2D eigenvalue weighted by atomic mass is 15.2. The molecule has 1 aliphatic rings. The SMILES string of the molecule is C#CCNC1CCN(CC)C(C)C1. The maximum absolute atomic E-state index is 5.21. The van der Waals surface area contributed by atoms with E-state index in [0.29, 0.717) is 18.6 Å². The minimum Gasteiger partial charge on any atom is -0.303 e. The number of likely N-dealkylation sites (tertiary alicyclic amines) is 1. The maximum Gasteiger partial charge on any atom is 0.0575 e. The van der Waals surface area contributed by atoms with Crippen LogP contribution >= 0.6 is 0 Å². The number of hydrogen-bond acceptors (Lipinski definition) is 2. The fourth-order valence-corrected chi connectivity index (χ4v) is 2.08. The fraction of sp³-hybridized carbons (Fsp3) is 0.818. The highest BCUT2D eigenvalue weighted by molar-refractivity contribution is 4.90. The molecule has 0 amide bonds. The summed E-state index contributed by atoms with van der Waals surface area (Å²) in [5.74, 6) is 2.63. The number of hydrogen-bond donors (Lipinski definition) is 1. The molecule has 0 aliphatic carbocycles. The van der Waals surface area contributed by atoms with E-state index >= 15 is 0 Å². The van der Waals surface area contributed by atoms with Gasteiger partial charge in [-0.25, -0.2) is 0 Å². The van der Waals surface area contributed by atoms with Crippen molar-refractivity contribution in [3.8, 4) is 12.3 Å². The van der Waals surface area contributed by atoms with Crippen LogP contribution in [0, 0.1) is 12.3 Å². The molecule has 0 radical (unpaired) electrons. The van der Waals surface area contributed by atoms with Crippen LogP contribution in [0.5, 0.6) is 0 Å². The molecule has 1 rings (SSSR count). The first-order valence-corrected chi connectivity index (χ1v) is 5.18. The highest BCUT2D eigenvalue weighted by Crippen LogP contribution is 2.16. The van der Waals surface area contributed by atoms with E-state index < -0.39 is 0 Å². The molecular formula is C11H20N2. The van der Waals surface area contributed by atoms with Crippen LogP contribution in [0.25, 0.3) is 0 Å². The molecule has 0 aromatic heterocycles. The summed E-state index contributed by atoms with van der Waals surface area (Å²) in [5.41, 5.74) is 0. The molecule has 1 saturated heterocycles. The van der Waals surface area contributed by atoms with Crippen molar-refractivity contribution in [1.82, 2.24) is 10.2 Å². The standard InChI is InChI=1S/C11H20N2/c1-4-7-12-11-6-8-13(5-2)10(3)9-11/h1,10-12H,5-9H2,2-3H3. The summed E-state index contributed by atoms with van der Waals surface area (Å²) >= 11 is 0. The van der Waals surface area contributed by atoms with Gasteiger partial charge in [-0.3, -0.25) is 0 Å². The van der Waals surface area contributed by atoms with E-state index in [1.807, 2.05) is 0 Å². The molecule has 2 unspecified atom stereocenters. The maximum atomic E-state index is 5.21. The molecule has 0 spiro atoms. The Morgan fingerprint density at radius 2 is 2.38 bits per heavy atom. The first-order valence-electron chi connectivity index (χ1n) is 5.18. The van der Waals surface area contributed by atoms with Gasteiger partial charge in [-0.2, -0.15) is 0 Å². The Kier molecular flexibility index (Phi) is 4.27. The molecule has 0 bridgehead atoms. The second-order valence-electron chi connectivity index (χ2n) is 3.78. The van der Waals surface area contributed by atoms with Crippen molar-refractivity contribution >= 4 is 0 Å². The van der Waals surface area contributed by atoms with Crippen molar-refractivity contribution in [3.63, 3.8) is 0 Å². The second kappa shape index (κ2) is 5.26. The van der Waals surface area contributed by atoms with Crippen LogP contribution < -0.4 is 5.32 Å². The summed E-state index contributed by atoms with van der Waals surface area (Å²) in [6.45, 7) is 7.62. The van der Waals surface area contributed by atoms with Gasteiger partial charge in [0.25, 0.3) is 0 Å². The van der Waals surface area contributed by atoms with Crippen molar-refractivity contribution in [3.05, 3.63) is 0 Å². The van der Waals surface area contributed by atoms with Gasteiger partial charge in [-0.15, -0.1) is 6.42 Å². The summed E-state index contributed by atoms with van der Waals surface area (Å²) in [6, 6.07) is 1.34. The first kappa shape index (κ1) is 10.6. The summed E-state index contributed by atoms with van der Waals surface area (Å²) in [7, 11) is 0. The van der Waals surface area contributed by atoms with Gasteiger partial charge in [0.2, 0.25) is 0 Å². The van der Waals surface area contributed by atoms with Gasteiger partial charge in [0, 0.05) is 12.1 Å². The highest BCUT2D eigenvalue weighted by Gasteiger charge is 2.23. The summed E-state index contributed by atoms with van der Waals surface area (Å²) in [4.78, 5) is 2.52. The van der Waals surface area contributed by atoms with Crippen molar-refractivity contribution in [2.75, 3.05) is 19.6 Å². The average Bonchev–Trinajstić information content (AvgIpc) is 2.15. The van der Waals surface area contributed by atoms with Gasteiger partial charge < -0.3 is 10.2 Å². The summed E-state index contributed by atoms with van der Waals surface area (Å²) in [5, 5.41) is 3.38. The summed E-state index contributed by atoms with van der Waals surface area (Å²) in [6.07, 6.45) is 7.68. The van der Waals surface area contributed by atoms with E-state index in [1.54, 1.807) is 0 Å². The van der Waals surface area contributed by atoms with Crippen LogP contribution in [0.2, 0.25) is 0 Å². The van der Waals surface area contributed by atoms with Crippen molar-refractivity contribution in [1.29, 1.82) is 0 Å². The molecule has 1 heterocycles. The van der Waals surface area contributed by atoms with Gasteiger partial charge in [0.15, 0.2) is 0 Å². The van der Waals surface area contributed by atoms with E-state index in [-0.39, 0.29) is 0 Å². The predicted molar refractivity (Wildman–Crippen MR) is 56.6 cm³/mol. The lowest BCUT2D eigenvalue weighted by Crippen LogP contribution is -2.47. The smallest absolute Gasteiger partial charge is 0.0575 e. The lowest BCUT2D eigenvalue weighted by atomic mass is 9.98. The Labute approximate surface area is 81.7 Å². The van der Waals surface area contributed by atoms with Crippen LogP contribution in [0.15, 0.2) is 0 Å². The van der Waals surface area contributed by atoms with Crippen LogP contribution in [-0.2, 0) is 0 Å². The number of rotatable bonds is 3. The molecule has 0 aromatic carbocycles. The number of piperidine rings is 1. The van der Waals surface area contributed by atoms with Crippen molar-refractivity contribution in [2.45, 2.75) is 38.8 Å². The second-order valence-corrected chi connectivity index (χ2v) is 3.78. The van der Waals surface area contributed by atoms with Gasteiger partial charge >= 0.3 is 0 Å². The predicted octanol–water partition coefficient (Wildman–Crippen LogP) is 1.08. The zero-order valence-corrected chi connectivity index (χ0v) is 8.71. The topological polar surface area (TPSA) is 15.3 Å². The third-order valence-corrected chi connectivity index (χ3v) is 2.91. The van der Waals surface area contributed by atoms with E-state index in [4.69, 9.17) is 6.42 Å². The molecule has 1 fully saturated rings. The molecule has 74 valence electrons. The molecule has 2 atom stereocenters. The third-order valence-electron chi connectivity index (χ3n) is 2.91. The third kappa shape index (κ3) is 3.02. The molecule has 2 nitrogen and oxygen atoms in total. The fourth-order valence-electron chi connectivity index (χ4n) is 2.08. The molecule has 1 N–H and O–H groups in total. The zero-order valence-electron chi connectivity index (χ0n) is 8.71. The lowest BCUT2D eigenvalue weighted by molar-refractivity contribution is 0.145.